The van der Waals surface area contributed by atoms with Gasteiger partial charge in [-0.05, 0) is 49.8 Å². The van der Waals surface area contributed by atoms with Gasteiger partial charge in [0.1, 0.15) is 17.8 Å². The van der Waals surface area contributed by atoms with Crippen LogP contribution < -0.4 is 11.1 Å². The second kappa shape index (κ2) is 5.30. The number of nitrogens with one attached hydrogen (secondary N) is 1. The SMILES string of the molecule is CC(C)n1c2c(c3c(N)ncnc31)-c1ccc(C3CC3)cc1C(=O)NC2. The number of anilines is 1. The highest BCUT2D eigenvalue weighted by Crippen LogP contribution is 2.44. The van der Waals surface area contributed by atoms with E-state index < -0.39 is 0 Å². The molecular formula is C20H21N5O. The highest BCUT2D eigenvalue weighted by molar-refractivity contribution is 6.10. The Labute approximate surface area is 151 Å². The van der Waals surface area contributed by atoms with Gasteiger partial charge in [-0.2, -0.15) is 0 Å². The van der Waals surface area contributed by atoms with Crippen LogP contribution >= 0.6 is 0 Å². The van der Waals surface area contributed by atoms with Gasteiger partial charge < -0.3 is 15.6 Å². The van der Waals surface area contributed by atoms with Crippen molar-refractivity contribution in [2.24, 2.45) is 0 Å². The Kier molecular flexibility index (Phi) is 3.13. The van der Waals surface area contributed by atoms with Crippen molar-refractivity contribution in [1.29, 1.82) is 0 Å². The molecule has 0 saturated heterocycles. The molecule has 0 radical (unpaired) electrons. The second-order valence-corrected chi connectivity index (χ2v) is 7.50. The summed E-state index contributed by atoms with van der Waals surface area (Å²) in [4.78, 5) is 21.5. The lowest BCUT2D eigenvalue weighted by Crippen LogP contribution is -2.23. The van der Waals surface area contributed by atoms with E-state index >= 15 is 0 Å². The Balaban J connectivity index is 1.88. The fraction of sp³-hybridized carbons (Fsp3) is 0.350. The first-order chi connectivity index (χ1) is 12.6. The Hall–Kier alpha value is -2.89. The Morgan fingerprint density at radius 2 is 2.04 bits per heavy atom. The Bertz CT molecular complexity index is 1060. The average molecular weight is 347 g/mol. The molecule has 0 unspecified atom stereocenters. The second-order valence-electron chi connectivity index (χ2n) is 7.50. The molecule has 0 atom stereocenters. The molecule has 1 aliphatic carbocycles. The van der Waals surface area contributed by atoms with Gasteiger partial charge in [0.05, 0.1) is 11.9 Å². The first-order valence-electron chi connectivity index (χ1n) is 9.12. The molecule has 0 spiro atoms. The first-order valence-corrected chi connectivity index (χ1v) is 9.12. The third-order valence-corrected chi connectivity index (χ3v) is 5.45. The quantitative estimate of drug-likeness (QED) is 0.744. The minimum Gasteiger partial charge on any atom is -0.383 e. The van der Waals surface area contributed by atoms with Gasteiger partial charge >= 0.3 is 0 Å². The number of amides is 1. The van der Waals surface area contributed by atoms with Crippen LogP contribution in [0.4, 0.5) is 5.82 Å². The fourth-order valence-electron chi connectivity index (χ4n) is 4.12. The first kappa shape index (κ1) is 15.4. The van der Waals surface area contributed by atoms with Crippen LogP contribution in [0.3, 0.4) is 0 Å². The van der Waals surface area contributed by atoms with Crippen molar-refractivity contribution >= 4 is 22.8 Å². The van der Waals surface area contributed by atoms with Crippen LogP contribution in [0.2, 0.25) is 0 Å². The lowest BCUT2D eigenvalue weighted by Gasteiger charge is -2.14. The lowest BCUT2D eigenvalue weighted by atomic mass is 9.95. The Morgan fingerprint density at radius 1 is 1.23 bits per heavy atom. The molecule has 1 saturated carbocycles. The van der Waals surface area contributed by atoms with Crippen LogP contribution in [-0.4, -0.2) is 20.4 Å². The van der Waals surface area contributed by atoms with Gasteiger partial charge in [0.15, 0.2) is 0 Å². The number of hydrogen-bond donors (Lipinski definition) is 2. The van der Waals surface area contributed by atoms with Crippen LogP contribution in [0.15, 0.2) is 24.5 Å². The van der Waals surface area contributed by atoms with Crippen molar-refractivity contribution in [2.45, 2.75) is 45.2 Å². The molecule has 5 rings (SSSR count). The molecular weight excluding hydrogens is 326 g/mol. The minimum absolute atomic E-state index is 0.0300. The molecule has 3 aromatic rings. The van der Waals surface area contributed by atoms with Crippen LogP contribution in [0.25, 0.3) is 22.2 Å². The summed E-state index contributed by atoms with van der Waals surface area (Å²) in [5.41, 5.74) is 12.0. The summed E-state index contributed by atoms with van der Waals surface area (Å²) in [5, 5.41) is 3.91. The highest BCUT2D eigenvalue weighted by atomic mass is 16.1. The molecule has 6 nitrogen and oxygen atoms in total. The van der Waals surface area contributed by atoms with Gasteiger partial charge in [0.2, 0.25) is 0 Å². The number of benzene rings is 1. The van der Waals surface area contributed by atoms with E-state index in [0.717, 1.165) is 33.4 Å². The number of nitrogen functional groups attached to an aromatic ring is 1. The largest absolute Gasteiger partial charge is 0.383 e. The van der Waals surface area contributed by atoms with Gasteiger partial charge in [-0.25, -0.2) is 9.97 Å². The standard InChI is InChI=1S/C20H21N5O/c1-10(2)25-15-8-22-20(26)14-7-12(11-3-4-11)5-6-13(14)16(15)17-18(21)23-9-24-19(17)25/h5-7,9-11H,3-4,8H2,1-2H3,(H,22,26)(H2,21,23,24). The molecule has 26 heavy (non-hydrogen) atoms. The van der Waals surface area contributed by atoms with E-state index in [4.69, 9.17) is 5.73 Å². The van der Waals surface area contributed by atoms with Crippen LogP contribution in [0, 0.1) is 0 Å². The van der Waals surface area contributed by atoms with Gasteiger partial charge in [0.25, 0.3) is 5.91 Å². The van der Waals surface area contributed by atoms with Crippen molar-refractivity contribution in [3.63, 3.8) is 0 Å². The van der Waals surface area contributed by atoms with Crippen molar-refractivity contribution in [1.82, 2.24) is 19.9 Å². The summed E-state index contributed by atoms with van der Waals surface area (Å²) >= 11 is 0. The number of rotatable bonds is 2. The summed E-state index contributed by atoms with van der Waals surface area (Å²) in [6, 6.07) is 6.47. The monoisotopic (exact) mass is 347 g/mol. The maximum Gasteiger partial charge on any atom is 0.252 e. The molecule has 1 fully saturated rings. The topological polar surface area (TPSA) is 85.8 Å². The number of carbonyl (C=O) groups is 1. The van der Waals surface area contributed by atoms with E-state index in [2.05, 4.69) is 51.9 Å². The lowest BCUT2D eigenvalue weighted by molar-refractivity contribution is 0.0952. The molecule has 3 N–H and O–H groups in total. The van der Waals surface area contributed by atoms with Gasteiger partial charge in [-0.3, -0.25) is 4.79 Å². The molecule has 1 aliphatic heterocycles. The van der Waals surface area contributed by atoms with Crippen LogP contribution in [0.5, 0.6) is 0 Å². The number of nitrogens with zero attached hydrogens (tertiary/aromatic N) is 3. The summed E-state index contributed by atoms with van der Waals surface area (Å²) in [5.74, 6) is 1.02. The number of carbonyl (C=O) groups excluding carboxylic acids is 1. The van der Waals surface area contributed by atoms with Crippen molar-refractivity contribution in [3.8, 4) is 11.1 Å². The third kappa shape index (κ3) is 2.08. The van der Waals surface area contributed by atoms with Crippen molar-refractivity contribution in [2.75, 3.05) is 5.73 Å². The van der Waals surface area contributed by atoms with E-state index in [-0.39, 0.29) is 11.9 Å². The van der Waals surface area contributed by atoms with Gasteiger partial charge in [-0.15, -0.1) is 0 Å². The van der Waals surface area contributed by atoms with Crippen molar-refractivity contribution < 1.29 is 4.79 Å². The number of hydrogen-bond acceptors (Lipinski definition) is 4. The maximum absolute atomic E-state index is 12.8. The van der Waals surface area contributed by atoms with E-state index in [0.29, 0.717) is 18.3 Å². The summed E-state index contributed by atoms with van der Waals surface area (Å²) in [6.07, 6.45) is 3.92. The zero-order valence-corrected chi connectivity index (χ0v) is 14.9. The summed E-state index contributed by atoms with van der Waals surface area (Å²) in [6.45, 7) is 4.68. The fourth-order valence-corrected chi connectivity index (χ4v) is 4.12. The molecule has 1 amide bonds. The van der Waals surface area contributed by atoms with Gasteiger partial charge in [0, 0.05) is 22.9 Å². The van der Waals surface area contributed by atoms with Crippen LogP contribution in [-0.2, 0) is 6.54 Å². The molecule has 3 heterocycles. The molecule has 1 aromatic carbocycles. The predicted octanol–water partition coefficient (Wildman–Crippen LogP) is 3.38. The zero-order chi connectivity index (χ0) is 18.0. The van der Waals surface area contributed by atoms with Crippen LogP contribution in [0.1, 0.15) is 60.3 Å². The smallest absolute Gasteiger partial charge is 0.252 e. The molecule has 0 bridgehead atoms. The predicted molar refractivity (Wildman–Crippen MR) is 101 cm³/mol. The number of aromatic nitrogens is 3. The molecule has 2 aliphatic rings. The Morgan fingerprint density at radius 3 is 2.77 bits per heavy atom. The minimum atomic E-state index is -0.0300. The van der Waals surface area contributed by atoms with E-state index in [9.17, 15) is 4.79 Å². The molecule has 6 heteroatoms. The highest BCUT2D eigenvalue weighted by Gasteiger charge is 2.31. The zero-order valence-electron chi connectivity index (χ0n) is 14.9. The number of fused-ring (bicyclic) bond motifs is 5. The van der Waals surface area contributed by atoms with E-state index in [1.807, 2.05) is 0 Å². The molecule has 132 valence electrons. The van der Waals surface area contributed by atoms with E-state index in [1.54, 1.807) is 0 Å². The average Bonchev–Trinajstić information content (AvgIpc) is 3.42. The normalized spacial score (nSPS) is 16.3. The maximum atomic E-state index is 12.8. The summed E-state index contributed by atoms with van der Waals surface area (Å²) < 4.78 is 2.16. The molecule has 2 aromatic heterocycles. The third-order valence-electron chi connectivity index (χ3n) is 5.45. The van der Waals surface area contributed by atoms with Gasteiger partial charge in [-0.1, -0.05) is 12.1 Å². The number of nitrogens with two attached hydrogens (primary N) is 1. The summed E-state index contributed by atoms with van der Waals surface area (Å²) in [7, 11) is 0. The van der Waals surface area contributed by atoms with E-state index in [1.165, 1.54) is 24.7 Å². The van der Waals surface area contributed by atoms with Crippen molar-refractivity contribution in [3.05, 3.63) is 41.3 Å².